The number of allylic oxidation sites excluding steroid dienone is 2. The lowest BCUT2D eigenvalue weighted by Gasteiger charge is -1.98. The SMILES string of the molecule is C/C=C/C(=O)c1cnc(C(F)(F)F)s1. The maximum absolute atomic E-state index is 12.1. The van der Waals surface area contributed by atoms with Crippen LogP contribution in [0.25, 0.3) is 0 Å². The Labute approximate surface area is 82.1 Å². The molecular formula is C8H6F3NOS. The average molecular weight is 221 g/mol. The van der Waals surface area contributed by atoms with Crippen LogP contribution in [0.1, 0.15) is 21.6 Å². The van der Waals surface area contributed by atoms with Crippen molar-refractivity contribution in [3.63, 3.8) is 0 Å². The number of hydrogen-bond donors (Lipinski definition) is 0. The van der Waals surface area contributed by atoms with Gasteiger partial charge in [0.05, 0.1) is 4.88 Å². The lowest BCUT2D eigenvalue weighted by Crippen LogP contribution is -2.02. The Balaban J connectivity index is 2.94. The van der Waals surface area contributed by atoms with Gasteiger partial charge in [0.15, 0.2) is 10.8 Å². The van der Waals surface area contributed by atoms with E-state index in [9.17, 15) is 18.0 Å². The van der Waals surface area contributed by atoms with Crippen molar-refractivity contribution >= 4 is 17.1 Å². The second kappa shape index (κ2) is 3.91. The lowest BCUT2D eigenvalue weighted by molar-refractivity contribution is -0.137. The van der Waals surface area contributed by atoms with E-state index in [-0.39, 0.29) is 4.88 Å². The monoisotopic (exact) mass is 221 g/mol. The maximum Gasteiger partial charge on any atom is 0.443 e. The Morgan fingerprint density at radius 1 is 1.57 bits per heavy atom. The first-order valence-corrected chi connectivity index (χ1v) is 4.47. The molecule has 0 N–H and O–H groups in total. The van der Waals surface area contributed by atoms with E-state index in [0.29, 0.717) is 11.3 Å². The van der Waals surface area contributed by atoms with Crippen LogP contribution in [-0.4, -0.2) is 10.8 Å². The Morgan fingerprint density at radius 3 is 2.64 bits per heavy atom. The van der Waals surface area contributed by atoms with Crippen molar-refractivity contribution in [1.82, 2.24) is 4.98 Å². The first kappa shape index (κ1) is 10.9. The molecule has 0 amide bonds. The summed E-state index contributed by atoms with van der Waals surface area (Å²) < 4.78 is 36.2. The minimum Gasteiger partial charge on any atom is -0.288 e. The third-order valence-corrected chi connectivity index (χ3v) is 2.37. The number of thiazole rings is 1. The molecule has 0 bridgehead atoms. The van der Waals surface area contributed by atoms with Crippen molar-refractivity contribution in [2.24, 2.45) is 0 Å². The third kappa shape index (κ3) is 2.41. The first-order valence-electron chi connectivity index (χ1n) is 3.65. The number of carbonyl (C=O) groups excluding carboxylic acids is 1. The summed E-state index contributed by atoms with van der Waals surface area (Å²) in [5.41, 5.74) is 0. The fourth-order valence-corrected chi connectivity index (χ4v) is 1.46. The number of ketones is 1. The van der Waals surface area contributed by atoms with E-state index in [1.54, 1.807) is 6.92 Å². The van der Waals surface area contributed by atoms with Crippen LogP contribution in [0.5, 0.6) is 0 Å². The number of carbonyl (C=O) groups is 1. The second-order valence-electron chi connectivity index (χ2n) is 2.39. The molecule has 76 valence electrons. The molecule has 2 nitrogen and oxygen atoms in total. The zero-order chi connectivity index (χ0) is 10.8. The Bertz CT molecular complexity index is 367. The Kier molecular flexibility index (Phi) is 3.05. The van der Waals surface area contributed by atoms with Crippen LogP contribution in [-0.2, 0) is 6.18 Å². The molecule has 6 heteroatoms. The average Bonchev–Trinajstić information content (AvgIpc) is 2.51. The Morgan fingerprint density at radius 2 is 2.21 bits per heavy atom. The molecule has 0 aliphatic rings. The molecule has 1 rings (SSSR count). The van der Waals surface area contributed by atoms with Gasteiger partial charge in [0.25, 0.3) is 0 Å². The minimum absolute atomic E-state index is 0.00424. The molecule has 0 saturated carbocycles. The first-order chi connectivity index (χ1) is 6.45. The topological polar surface area (TPSA) is 30.0 Å². The van der Waals surface area contributed by atoms with Crippen LogP contribution in [0.4, 0.5) is 13.2 Å². The lowest BCUT2D eigenvalue weighted by atomic mass is 10.3. The highest BCUT2D eigenvalue weighted by molar-refractivity contribution is 7.13. The normalized spacial score (nSPS) is 12.3. The van der Waals surface area contributed by atoms with Crippen molar-refractivity contribution in [1.29, 1.82) is 0 Å². The summed E-state index contributed by atoms with van der Waals surface area (Å²) in [6.07, 6.45) is -0.863. The Hall–Kier alpha value is -1.17. The summed E-state index contributed by atoms with van der Waals surface area (Å²) in [4.78, 5) is 14.2. The number of alkyl halides is 3. The largest absolute Gasteiger partial charge is 0.443 e. The van der Waals surface area contributed by atoms with E-state index >= 15 is 0 Å². The summed E-state index contributed by atoms with van der Waals surface area (Å²) in [5, 5.41) is -0.995. The van der Waals surface area contributed by atoms with E-state index in [2.05, 4.69) is 4.98 Å². The molecule has 1 aromatic heterocycles. The molecule has 1 heterocycles. The fraction of sp³-hybridized carbons (Fsp3) is 0.250. The van der Waals surface area contributed by atoms with Gasteiger partial charge in [-0.2, -0.15) is 13.2 Å². The molecule has 0 aliphatic carbocycles. The van der Waals surface area contributed by atoms with Gasteiger partial charge in [-0.3, -0.25) is 4.79 Å². The van der Waals surface area contributed by atoms with Crippen LogP contribution >= 0.6 is 11.3 Å². The van der Waals surface area contributed by atoms with E-state index in [1.807, 2.05) is 0 Å². The van der Waals surface area contributed by atoms with Gasteiger partial charge in [-0.05, 0) is 13.0 Å². The van der Waals surface area contributed by atoms with E-state index in [0.717, 1.165) is 6.20 Å². The third-order valence-electron chi connectivity index (χ3n) is 1.31. The van der Waals surface area contributed by atoms with Gasteiger partial charge in [-0.15, -0.1) is 11.3 Å². The minimum atomic E-state index is -4.47. The van der Waals surface area contributed by atoms with Gasteiger partial charge in [0.2, 0.25) is 0 Å². The number of aromatic nitrogens is 1. The highest BCUT2D eigenvalue weighted by Gasteiger charge is 2.34. The molecule has 0 saturated heterocycles. The summed E-state index contributed by atoms with van der Waals surface area (Å²) in [6, 6.07) is 0. The summed E-state index contributed by atoms with van der Waals surface area (Å²) >= 11 is 0.351. The number of nitrogens with zero attached hydrogens (tertiary/aromatic N) is 1. The highest BCUT2D eigenvalue weighted by atomic mass is 32.1. The van der Waals surface area contributed by atoms with Crippen LogP contribution in [0.2, 0.25) is 0 Å². The van der Waals surface area contributed by atoms with Gasteiger partial charge < -0.3 is 0 Å². The van der Waals surface area contributed by atoms with Crippen molar-refractivity contribution in [2.45, 2.75) is 13.1 Å². The molecule has 1 aromatic rings. The van der Waals surface area contributed by atoms with Gasteiger partial charge in [-0.1, -0.05) is 6.08 Å². The van der Waals surface area contributed by atoms with Crippen molar-refractivity contribution < 1.29 is 18.0 Å². The highest BCUT2D eigenvalue weighted by Crippen LogP contribution is 2.32. The van der Waals surface area contributed by atoms with Crippen LogP contribution in [0.3, 0.4) is 0 Å². The number of rotatable bonds is 2. The number of hydrogen-bond acceptors (Lipinski definition) is 3. The second-order valence-corrected chi connectivity index (χ2v) is 3.42. The van der Waals surface area contributed by atoms with Gasteiger partial charge in [0.1, 0.15) is 0 Å². The predicted molar refractivity (Wildman–Crippen MR) is 46.3 cm³/mol. The van der Waals surface area contributed by atoms with Gasteiger partial charge in [0, 0.05) is 6.20 Å². The number of halogens is 3. The van der Waals surface area contributed by atoms with Gasteiger partial charge in [-0.25, -0.2) is 4.98 Å². The molecule has 14 heavy (non-hydrogen) atoms. The molecule has 0 fully saturated rings. The summed E-state index contributed by atoms with van der Waals surface area (Å²) in [5.74, 6) is -0.458. The van der Waals surface area contributed by atoms with Crippen molar-refractivity contribution in [3.8, 4) is 0 Å². The quantitative estimate of drug-likeness (QED) is 0.567. The van der Waals surface area contributed by atoms with Crippen LogP contribution < -0.4 is 0 Å². The maximum atomic E-state index is 12.1. The predicted octanol–water partition coefficient (Wildman–Crippen LogP) is 2.92. The summed E-state index contributed by atoms with van der Waals surface area (Å²) in [6.45, 7) is 1.61. The zero-order valence-corrected chi connectivity index (χ0v) is 7.95. The molecule has 0 aromatic carbocycles. The molecule has 0 radical (unpaired) electrons. The standard InChI is InChI=1S/C8H6F3NOS/c1-2-3-5(13)6-4-12-7(14-6)8(9,10)11/h2-4H,1H3/b3-2+. The molecule has 0 aliphatic heterocycles. The van der Waals surface area contributed by atoms with Crippen LogP contribution in [0.15, 0.2) is 18.3 Å². The van der Waals surface area contributed by atoms with Gasteiger partial charge >= 0.3 is 6.18 Å². The molecule has 0 atom stereocenters. The zero-order valence-electron chi connectivity index (χ0n) is 7.13. The molecular weight excluding hydrogens is 215 g/mol. The van der Waals surface area contributed by atoms with E-state index < -0.39 is 17.0 Å². The van der Waals surface area contributed by atoms with Crippen molar-refractivity contribution in [2.75, 3.05) is 0 Å². The van der Waals surface area contributed by atoms with E-state index in [1.165, 1.54) is 12.2 Å². The smallest absolute Gasteiger partial charge is 0.288 e. The van der Waals surface area contributed by atoms with Crippen LogP contribution in [0, 0.1) is 0 Å². The van der Waals surface area contributed by atoms with Crippen molar-refractivity contribution in [3.05, 3.63) is 28.2 Å². The fourth-order valence-electron chi connectivity index (χ4n) is 0.753. The molecule has 0 unspecified atom stereocenters. The van der Waals surface area contributed by atoms with E-state index in [4.69, 9.17) is 0 Å². The summed E-state index contributed by atoms with van der Waals surface area (Å²) in [7, 11) is 0. The molecule has 0 spiro atoms.